The van der Waals surface area contributed by atoms with Crippen molar-refractivity contribution < 1.29 is 0 Å². The number of nitrogens with one attached hydrogen (secondary N) is 2. The van der Waals surface area contributed by atoms with Crippen molar-refractivity contribution in [3.63, 3.8) is 0 Å². The van der Waals surface area contributed by atoms with Crippen LogP contribution in [0.2, 0.25) is 0 Å². The summed E-state index contributed by atoms with van der Waals surface area (Å²) in [4.78, 5) is 6.05. The number of hydrogen-bond acceptors (Lipinski definition) is 5. The molecule has 3 aromatic rings. The summed E-state index contributed by atoms with van der Waals surface area (Å²) in [7, 11) is 1.90. The van der Waals surface area contributed by atoms with Gasteiger partial charge in [-0.3, -0.25) is 9.78 Å². The molecule has 0 fully saturated rings. The van der Waals surface area contributed by atoms with Crippen molar-refractivity contribution in [2.24, 2.45) is 7.05 Å². The van der Waals surface area contributed by atoms with Crippen LogP contribution in [0, 0.1) is 0 Å². The third kappa shape index (κ3) is 1.90. The second-order valence-corrected chi connectivity index (χ2v) is 5.99. The lowest BCUT2D eigenvalue weighted by Gasteiger charge is -1.97. The van der Waals surface area contributed by atoms with Gasteiger partial charge in [0.25, 0.3) is 0 Å². The third-order valence-electron chi connectivity index (χ3n) is 3.45. The van der Waals surface area contributed by atoms with Crippen molar-refractivity contribution in [2.45, 2.75) is 19.3 Å². The van der Waals surface area contributed by atoms with Gasteiger partial charge in [-0.15, -0.1) is 11.3 Å². The van der Waals surface area contributed by atoms with Crippen LogP contribution in [0.1, 0.15) is 17.0 Å². The highest BCUT2D eigenvalue weighted by Gasteiger charge is 2.20. The van der Waals surface area contributed by atoms with E-state index in [-0.39, 0.29) is 0 Å². The maximum atomic E-state index is 4.73. The maximum absolute atomic E-state index is 4.73. The first-order valence-corrected chi connectivity index (χ1v) is 7.40. The lowest BCUT2D eigenvalue weighted by Crippen LogP contribution is -1.93. The fourth-order valence-electron chi connectivity index (χ4n) is 2.51. The molecule has 102 valence electrons. The molecule has 2 N–H and O–H groups in total. The Morgan fingerprint density at radius 2 is 2.35 bits per heavy atom. The van der Waals surface area contributed by atoms with Crippen molar-refractivity contribution in [3.8, 4) is 11.3 Å². The Morgan fingerprint density at radius 3 is 3.20 bits per heavy atom. The fraction of sp³-hybridized carbons (Fsp3) is 0.308. The van der Waals surface area contributed by atoms with E-state index >= 15 is 0 Å². The van der Waals surface area contributed by atoms with Gasteiger partial charge in [0, 0.05) is 35.4 Å². The average Bonchev–Trinajstić information content (AvgIpc) is 3.10. The van der Waals surface area contributed by atoms with E-state index in [2.05, 4.69) is 20.6 Å². The molecule has 0 radical (unpaired) electrons. The van der Waals surface area contributed by atoms with Crippen LogP contribution in [-0.2, 0) is 19.9 Å². The Kier molecular flexibility index (Phi) is 2.59. The second kappa shape index (κ2) is 4.45. The predicted octanol–water partition coefficient (Wildman–Crippen LogP) is 2.50. The van der Waals surface area contributed by atoms with Gasteiger partial charge in [-0.2, -0.15) is 10.2 Å². The van der Waals surface area contributed by atoms with Crippen LogP contribution in [0.25, 0.3) is 11.3 Å². The summed E-state index contributed by atoms with van der Waals surface area (Å²) >= 11 is 1.71. The van der Waals surface area contributed by atoms with Gasteiger partial charge in [0.2, 0.25) is 0 Å². The summed E-state index contributed by atoms with van der Waals surface area (Å²) < 4.78 is 1.77. The molecule has 4 rings (SSSR count). The Morgan fingerprint density at radius 1 is 1.40 bits per heavy atom. The van der Waals surface area contributed by atoms with E-state index in [1.54, 1.807) is 16.0 Å². The van der Waals surface area contributed by atoms with Crippen LogP contribution in [0.4, 0.5) is 10.9 Å². The SMILES string of the molecule is Cn1ccc(Nc2nc3c(s2)CCCc2[nH]ncc2-3)n1. The van der Waals surface area contributed by atoms with Crippen molar-refractivity contribution in [2.75, 3.05) is 5.32 Å². The van der Waals surface area contributed by atoms with Gasteiger partial charge >= 0.3 is 0 Å². The number of thiazole rings is 1. The van der Waals surface area contributed by atoms with Gasteiger partial charge in [0.05, 0.1) is 11.9 Å². The van der Waals surface area contributed by atoms with Gasteiger partial charge < -0.3 is 5.32 Å². The van der Waals surface area contributed by atoms with Gasteiger partial charge in [-0.1, -0.05) is 0 Å². The van der Waals surface area contributed by atoms with E-state index in [0.29, 0.717) is 0 Å². The first kappa shape index (κ1) is 11.7. The molecule has 0 aromatic carbocycles. The fourth-order valence-corrected chi connectivity index (χ4v) is 3.53. The summed E-state index contributed by atoms with van der Waals surface area (Å²) in [5.41, 5.74) is 3.40. The van der Waals surface area contributed by atoms with Crippen LogP contribution in [0.3, 0.4) is 0 Å². The molecule has 6 nitrogen and oxygen atoms in total. The monoisotopic (exact) mass is 286 g/mol. The minimum atomic E-state index is 0.823. The Bertz CT molecular complexity index is 753. The Hall–Kier alpha value is -2.15. The third-order valence-corrected chi connectivity index (χ3v) is 4.48. The van der Waals surface area contributed by atoms with Crippen LogP contribution in [0.5, 0.6) is 0 Å². The second-order valence-electron chi connectivity index (χ2n) is 4.91. The lowest BCUT2D eigenvalue weighted by molar-refractivity contribution is 0.771. The smallest absolute Gasteiger partial charge is 0.189 e. The number of nitrogens with zero attached hydrogens (tertiary/aromatic N) is 4. The minimum absolute atomic E-state index is 0.823. The van der Waals surface area contributed by atoms with Crippen molar-refractivity contribution in [1.82, 2.24) is 25.0 Å². The largest absolute Gasteiger partial charge is 0.315 e. The zero-order valence-electron chi connectivity index (χ0n) is 11.1. The van der Waals surface area contributed by atoms with E-state index in [9.17, 15) is 0 Å². The van der Waals surface area contributed by atoms with Crippen LogP contribution in [0.15, 0.2) is 18.5 Å². The van der Waals surface area contributed by atoms with Gasteiger partial charge in [-0.05, 0) is 19.3 Å². The first-order chi connectivity index (χ1) is 9.79. The quantitative estimate of drug-likeness (QED) is 0.759. The summed E-state index contributed by atoms with van der Waals surface area (Å²) in [6.45, 7) is 0. The number of anilines is 2. The van der Waals surface area contributed by atoms with Crippen molar-refractivity contribution in [3.05, 3.63) is 29.0 Å². The highest BCUT2D eigenvalue weighted by atomic mass is 32.1. The molecule has 20 heavy (non-hydrogen) atoms. The van der Waals surface area contributed by atoms with Gasteiger partial charge in [0.1, 0.15) is 0 Å². The molecule has 3 heterocycles. The number of hydrogen-bond donors (Lipinski definition) is 2. The number of aromatic nitrogens is 5. The average molecular weight is 286 g/mol. The van der Waals surface area contributed by atoms with E-state index in [0.717, 1.165) is 41.5 Å². The molecular weight excluding hydrogens is 272 g/mol. The maximum Gasteiger partial charge on any atom is 0.189 e. The number of aryl methyl sites for hydroxylation is 3. The molecule has 3 aromatic heterocycles. The van der Waals surface area contributed by atoms with Crippen molar-refractivity contribution >= 4 is 22.3 Å². The molecule has 0 saturated heterocycles. The van der Waals surface area contributed by atoms with Gasteiger partial charge in [0.15, 0.2) is 10.9 Å². The molecule has 0 spiro atoms. The standard InChI is InChI=1S/C13H14N6S/c1-19-6-5-11(18-19)15-13-16-12-8-7-14-17-9(8)3-2-4-10(12)20-13/h5-7H,2-4H2,1H3,(H,14,17)(H,15,16,18). The normalized spacial score (nSPS) is 13.7. The highest BCUT2D eigenvalue weighted by molar-refractivity contribution is 7.16. The number of fused-ring (bicyclic) bond motifs is 3. The zero-order chi connectivity index (χ0) is 13.5. The molecule has 0 atom stereocenters. The van der Waals surface area contributed by atoms with Crippen LogP contribution < -0.4 is 5.32 Å². The van der Waals surface area contributed by atoms with Crippen molar-refractivity contribution in [1.29, 1.82) is 0 Å². The highest BCUT2D eigenvalue weighted by Crippen LogP contribution is 2.36. The molecule has 1 aliphatic rings. The summed E-state index contributed by atoms with van der Waals surface area (Å²) in [6.07, 6.45) is 7.03. The van der Waals surface area contributed by atoms with E-state index < -0.39 is 0 Å². The molecule has 7 heteroatoms. The van der Waals surface area contributed by atoms with Gasteiger partial charge in [-0.25, -0.2) is 4.98 Å². The Labute approximate surface area is 119 Å². The van der Waals surface area contributed by atoms with Crippen LogP contribution in [-0.4, -0.2) is 25.0 Å². The van der Waals surface area contributed by atoms with Crippen LogP contribution >= 0.6 is 11.3 Å². The summed E-state index contributed by atoms with van der Waals surface area (Å²) in [6, 6.07) is 1.94. The molecule has 0 amide bonds. The molecule has 1 aliphatic carbocycles. The predicted molar refractivity (Wildman–Crippen MR) is 78.2 cm³/mol. The van der Waals surface area contributed by atoms with E-state index in [1.807, 2.05) is 25.5 Å². The molecular formula is C13H14N6S. The lowest BCUT2D eigenvalue weighted by atomic mass is 10.2. The summed E-state index contributed by atoms with van der Waals surface area (Å²) in [5, 5.41) is 15.7. The minimum Gasteiger partial charge on any atom is -0.315 e. The molecule has 0 unspecified atom stereocenters. The molecule has 0 aliphatic heterocycles. The number of rotatable bonds is 2. The summed E-state index contributed by atoms with van der Waals surface area (Å²) in [5.74, 6) is 0.823. The number of aromatic amines is 1. The molecule has 0 bridgehead atoms. The Balaban J connectivity index is 1.71. The molecule has 0 saturated carbocycles. The van der Waals surface area contributed by atoms with E-state index in [4.69, 9.17) is 4.98 Å². The number of H-pyrrole nitrogens is 1. The topological polar surface area (TPSA) is 71.4 Å². The van der Waals surface area contributed by atoms with E-state index in [1.165, 1.54) is 10.6 Å². The zero-order valence-corrected chi connectivity index (χ0v) is 11.9. The first-order valence-electron chi connectivity index (χ1n) is 6.58.